The zero-order valence-electron chi connectivity index (χ0n) is 8.21. The third-order valence-electron chi connectivity index (χ3n) is 0.790. The summed E-state index contributed by atoms with van der Waals surface area (Å²) in [6.07, 6.45) is 2.69. The molecule has 0 aromatic carbocycles. The van der Waals surface area contributed by atoms with Crippen LogP contribution in [0.5, 0.6) is 0 Å². The first-order valence-electron chi connectivity index (χ1n) is 4.16. The second-order valence-corrected chi connectivity index (χ2v) is 2.27. The molecule has 1 unspecified atom stereocenters. The number of aliphatic hydroxyl groups is 4. The molecule has 14 heavy (non-hydrogen) atoms. The highest BCUT2D eigenvalue weighted by Crippen LogP contribution is 1.79. The molecule has 0 bridgehead atoms. The molecule has 1 rings (SSSR count). The molecule has 0 saturated heterocycles. The number of furan rings is 1. The Kier molecular flexibility index (Phi) is 16.3. The van der Waals surface area contributed by atoms with Gasteiger partial charge in [0.25, 0.3) is 0 Å². The maximum Gasteiger partial charge on any atom is 0.0902 e. The average molecular weight is 206 g/mol. The van der Waals surface area contributed by atoms with Gasteiger partial charge in [0.05, 0.1) is 38.5 Å². The van der Waals surface area contributed by atoms with Gasteiger partial charge in [0.1, 0.15) is 0 Å². The molecule has 0 spiro atoms. The van der Waals surface area contributed by atoms with Crippen molar-refractivity contribution in [1.82, 2.24) is 0 Å². The minimum atomic E-state index is -0.560. The van der Waals surface area contributed by atoms with Crippen LogP contribution in [-0.4, -0.2) is 46.4 Å². The molecule has 1 aromatic rings. The smallest absolute Gasteiger partial charge is 0.0902 e. The van der Waals surface area contributed by atoms with E-state index < -0.39 is 6.10 Å². The van der Waals surface area contributed by atoms with Crippen LogP contribution in [0.4, 0.5) is 0 Å². The molecule has 0 radical (unpaired) electrons. The Labute approximate surface area is 83.2 Å². The molecular formula is C9H18O5. The van der Waals surface area contributed by atoms with Crippen LogP contribution in [0.2, 0.25) is 0 Å². The maximum absolute atomic E-state index is 8.11. The summed E-state index contributed by atoms with van der Waals surface area (Å²) in [4.78, 5) is 0. The van der Waals surface area contributed by atoms with Crippen molar-refractivity contribution in [1.29, 1.82) is 0 Å². The number of rotatable bonds is 2. The number of hydrogen-bond donors (Lipinski definition) is 4. The van der Waals surface area contributed by atoms with Gasteiger partial charge in [-0.2, -0.15) is 0 Å². The number of aliphatic hydroxyl groups excluding tert-OH is 4. The minimum absolute atomic E-state index is 0.125. The van der Waals surface area contributed by atoms with Gasteiger partial charge in [-0.15, -0.1) is 0 Å². The van der Waals surface area contributed by atoms with Crippen molar-refractivity contribution < 1.29 is 24.8 Å². The summed E-state index contributed by atoms with van der Waals surface area (Å²) in [7, 11) is 0. The molecule has 5 nitrogen and oxygen atoms in total. The van der Waals surface area contributed by atoms with E-state index in [4.69, 9.17) is 20.4 Å². The molecule has 5 heteroatoms. The van der Waals surface area contributed by atoms with Gasteiger partial charge in [-0.3, -0.25) is 0 Å². The van der Waals surface area contributed by atoms with Gasteiger partial charge in [-0.05, 0) is 19.1 Å². The molecule has 1 aromatic heterocycles. The largest absolute Gasteiger partial charge is 0.473 e. The van der Waals surface area contributed by atoms with Gasteiger partial charge in [0.15, 0.2) is 0 Å². The minimum Gasteiger partial charge on any atom is -0.473 e. The van der Waals surface area contributed by atoms with Gasteiger partial charge >= 0.3 is 0 Å². The van der Waals surface area contributed by atoms with Gasteiger partial charge < -0.3 is 24.8 Å². The predicted octanol–water partition coefficient (Wildman–Crippen LogP) is -0.390. The highest BCUT2D eigenvalue weighted by Gasteiger charge is 1.83. The average Bonchev–Trinajstić information content (AvgIpc) is 2.76. The van der Waals surface area contributed by atoms with E-state index in [-0.39, 0.29) is 19.8 Å². The van der Waals surface area contributed by atoms with E-state index in [0.29, 0.717) is 0 Å². The first-order chi connectivity index (χ1) is 6.68. The molecule has 0 amide bonds. The van der Waals surface area contributed by atoms with Crippen LogP contribution in [0.1, 0.15) is 6.92 Å². The summed E-state index contributed by atoms with van der Waals surface area (Å²) in [5, 5.41) is 31.3. The van der Waals surface area contributed by atoms with Crippen molar-refractivity contribution in [3.8, 4) is 0 Å². The van der Waals surface area contributed by atoms with E-state index >= 15 is 0 Å². The Hall–Kier alpha value is -0.880. The zero-order valence-corrected chi connectivity index (χ0v) is 8.21. The molecule has 1 heterocycles. The summed E-state index contributed by atoms with van der Waals surface area (Å²) >= 11 is 0. The lowest BCUT2D eigenvalue weighted by atomic mass is 10.5. The van der Waals surface area contributed by atoms with Crippen LogP contribution >= 0.6 is 0 Å². The summed E-state index contributed by atoms with van der Waals surface area (Å²) < 4.78 is 4.58. The molecule has 1 atom stereocenters. The Morgan fingerprint density at radius 2 is 1.43 bits per heavy atom. The lowest BCUT2D eigenvalue weighted by Gasteiger charge is -1.90. The van der Waals surface area contributed by atoms with Crippen LogP contribution in [0.15, 0.2) is 29.1 Å². The van der Waals surface area contributed by atoms with Crippen molar-refractivity contribution in [2.24, 2.45) is 0 Å². The SMILES string of the molecule is CC(O)CO.OCCO.c1ccoc1. The first kappa shape index (κ1) is 15.6. The fourth-order valence-corrected chi connectivity index (χ4v) is 0.227. The monoisotopic (exact) mass is 206 g/mol. The van der Waals surface area contributed by atoms with Crippen LogP contribution in [0.3, 0.4) is 0 Å². The predicted molar refractivity (Wildman–Crippen MR) is 51.6 cm³/mol. The van der Waals surface area contributed by atoms with Crippen molar-refractivity contribution in [2.45, 2.75) is 13.0 Å². The summed E-state index contributed by atoms with van der Waals surface area (Å²) in [6.45, 7) is 1.14. The third kappa shape index (κ3) is 22.5. The van der Waals surface area contributed by atoms with Crippen molar-refractivity contribution >= 4 is 0 Å². The summed E-state index contributed by atoms with van der Waals surface area (Å²) in [6, 6.07) is 3.67. The molecule has 84 valence electrons. The van der Waals surface area contributed by atoms with Crippen LogP contribution in [0, 0.1) is 0 Å². The number of hydrogen-bond acceptors (Lipinski definition) is 5. The molecule has 0 aliphatic carbocycles. The van der Waals surface area contributed by atoms with Crippen LogP contribution in [0.25, 0.3) is 0 Å². The highest BCUT2D eigenvalue weighted by atomic mass is 16.3. The Bertz CT molecular complexity index is 131. The Morgan fingerprint density at radius 1 is 1.07 bits per heavy atom. The van der Waals surface area contributed by atoms with Crippen LogP contribution in [-0.2, 0) is 0 Å². The standard InChI is InChI=1S/C4H4O.C3H8O2.C2H6O2/c1-2-4-5-3-1;1-3(5)2-4;3-1-2-4/h1-4H;3-5H,2H2,1H3;3-4H,1-2H2. The molecule has 4 N–H and O–H groups in total. The fourth-order valence-electron chi connectivity index (χ4n) is 0.227. The van der Waals surface area contributed by atoms with E-state index in [0.717, 1.165) is 0 Å². The van der Waals surface area contributed by atoms with Gasteiger partial charge in [-0.1, -0.05) is 0 Å². The van der Waals surface area contributed by atoms with Gasteiger partial charge in [-0.25, -0.2) is 0 Å². The van der Waals surface area contributed by atoms with Crippen LogP contribution < -0.4 is 0 Å². The van der Waals surface area contributed by atoms with E-state index in [2.05, 4.69) is 4.42 Å². The summed E-state index contributed by atoms with van der Waals surface area (Å²) in [5.41, 5.74) is 0. The van der Waals surface area contributed by atoms with Crippen molar-refractivity contribution in [3.05, 3.63) is 24.7 Å². The molecule has 0 aliphatic heterocycles. The Balaban J connectivity index is 0. The fraction of sp³-hybridized carbons (Fsp3) is 0.556. The Morgan fingerprint density at radius 3 is 1.50 bits per heavy atom. The molecular weight excluding hydrogens is 188 g/mol. The topological polar surface area (TPSA) is 94.1 Å². The third-order valence-corrected chi connectivity index (χ3v) is 0.790. The first-order valence-corrected chi connectivity index (χ1v) is 4.16. The van der Waals surface area contributed by atoms with E-state index in [1.165, 1.54) is 6.92 Å². The van der Waals surface area contributed by atoms with Crippen molar-refractivity contribution in [2.75, 3.05) is 19.8 Å². The molecule has 0 saturated carbocycles. The normalized spacial score (nSPS) is 10.4. The second-order valence-electron chi connectivity index (χ2n) is 2.27. The molecule has 0 aliphatic rings. The van der Waals surface area contributed by atoms with Gasteiger partial charge in [0, 0.05) is 0 Å². The highest BCUT2D eigenvalue weighted by molar-refractivity contribution is 4.79. The van der Waals surface area contributed by atoms with E-state index in [9.17, 15) is 0 Å². The summed E-state index contributed by atoms with van der Waals surface area (Å²) in [5.74, 6) is 0. The quantitative estimate of drug-likeness (QED) is 0.528. The van der Waals surface area contributed by atoms with E-state index in [1.54, 1.807) is 12.5 Å². The van der Waals surface area contributed by atoms with E-state index in [1.807, 2.05) is 12.1 Å². The van der Waals surface area contributed by atoms with Crippen molar-refractivity contribution in [3.63, 3.8) is 0 Å². The molecule has 0 fully saturated rings. The van der Waals surface area contributed by atoms with Gasteiger partial charge in [0.2, 0.25) is 0 Å². The lowest BCUT2D eigenvalue weighted by Crippen LogP contribution is -2.03. The lowest BCUT2D eigenvalue weighted by molar-refractivity contribution is 0.110. The zero-order chi connectivity index (χ0) is 11.2. The maximum atomic E-state index is 8.11. The second kappa shape index (κ2) is 14.6.